The van der Waals surface area contributed by atoms with E-state index in [2.05, 4.69) is 23.3 Å². The second-order valence-corrected chi connectivity index (χ2v) is 1.15. The summed E-state index contributed by atoms with van der Waals surface area (Å²) in [6, 6.07) is 12.0. The van der Waals surface area contributed by atoms with Crippen molar-refractivity contribution in [3.8, 4) is 0 Å². The fourth-order valence-electron chi connectivity index (χ4n) is 0.385. The highest BCUT2D eigenvalue weighted by atomic mass is 33.1. The van der Waals surface area contributed by atoms with Crippen LogP contribution in [0.25, 0.3) is 0 Å². The molecule has 0 N–H and O–H groups in total. The first kappa shape index (κ1) is 7.92. The lowest BCUT2D eigenvalue weighted by atomic mass is 10.4. The van der Waals surface area contributed by atoms with Crippen LogP contribution >= 0.6 is 23.3 Å². The van der Waals surface area contributed by atoms with Gasteiger partial charge >= 0.3 is 0 Å². The number of benzene rings is 1. The van der Waals surface area contributed by atoms with Gasteiger partial charge in [0.2, 0.25) is 0 Å². The molecule has 0 aliphatic rings. The molecule has 0 unspecified atom stereocenters. The Hall–Kier alpha value is -0.0800. The molecule has 0 atom stereocenters. The molecule has 0 saturated carbocycles. The molecule has 0 saturated heterocycles. The molecule has 0 aliphatic carbocycles. The highest BCUT2D eigenvalue weighted by Crippen LogP contribution is 1.79. The van der Waals surface area contributed by atoms with Crippen molar-refractivity contribution in [2.24, 2.45) is 0 Å². The lowest BCUT2D eigenvalue weighted by Crippen LogP contribution is -1.47. The highest BCUT2D eigenvalue weighted by molar-refractivity contribution is 8.59. The molecule has 0 amide bonds. The summed E-state index contributed by atoms with van der Waals surface area (Å²) in [7, 11) is 0. The third-order valence-corrected chi connectivity index (χ3v) is 0.667. The molecule has 0 radical (unpaired) electrons. The smallest absolute Gasteiger partial charge is 0.0623 e. The van der Waals surface area contributed by atoms with Crippen LogP contribution in [0.4, 0.5) is 0 Å². The molecule has 0 bridgehead atoms. The zero-order valence-corrected chi connectivity index (χ0v) is 6.15. The first-order chi connectivity index (χ1) is 4.00. The van der Waals surface area contributed by atoms with Crippen molar-refractivity contribution in [2.45, 2.75) is 0 Å². The van der Waals surface area contributed by atoms with Gasteiger partial charge in [-0.2, -0.15) is 0 Å². The topological polar surface area (TPSA) is 0 Å². The van der Waals surface area contributed by atoms with Crippen molar-refractivity contribution >= 4 is 23.3 Å². The van der Waals surface area contributed by atoms with E-state index in [1.807, 2.05) is 36.4 Å². The maximum atomic E-state index is 3.22. The molecular weight excluding hydrogens is 136 g/mol. The van der Waals surface area contributed by atoms with E-state index in [4.69, 9.17) is 0 Å². The Morgan fingerprint density at radius 3 is 0.750 bits per heavy atom. The predicted octanol–water partition coefficient (Wildman–Crippen LogP) is 2.45. The van der Waals surface area contributed by atoms with Gasteiger partial charge < -0.3 is 0 Å². The fourth-order valence-corrected chi connectivity index (χ4v) is 0.385. The van der Waals surface area contributed by atoms with E-state index >= 15 is 0 Å². The molecule has 0 aliphatic heterocycles. The molecule has 0 spiro atoms. The summed E-state index contributed by atoms with van der Waals surface area (Å²) in [5, 5.41) is 0. The van der Waals surface area contributed by atoms with E-state index in [9.17, 15) is 0 Å². The summed E-state index contributed by atoms with van der Waals surface area (Å²) in [6.07, 6.45) is 0. The maximum absolute atomic E-state index is 3.22. The van der Waals surface area contributed by atoms with Gasteiger partial charge in [0, 0.05) is 0 Å². The molecule has 1 aromatic rings. The molecule has 2 heteroatoms. The van der Waals surface area contributed by atoms with Crippen LogP contribution in [0.2, 0.25) is 0 Å². The fraction of sp³-hybridized carbons (Fsp3) is 0. The van der Waals surface area contributed by atoms with Crippen molar-refractivity contribution in [3.05, 3.63) is 36.4 Å². The van der Waals surface area contributed by atoms with Gasteiger partial charge in [-0.3, -0.25) is 0 Å². The number of hydrogen-bond donors (Lipinski definition) is 2. The Balaban J connectivity index is 0.000000222. The van der Waals surface area contributed by atoms with Gasteiger partial charge in [-0.25, -0.2) is 0 Å². The van der Waals surface area contributed by atoms with E-state index < -0.39 is 0 Å². The zero-order valence-electron chi connectivity index (χ0n) is 4.36. The second-order valence-electron chi connectivity index (χ2n) is 1.15. The van der Waals surface area contributed by atoms with Crippen molar-refractivity contribution in [2.75, 3.05) is 0 Å². The Bertz CT molecular complexity index is 78.5. The second kappa shape index (κ2) is 6.92. The van der Waals surface area contributed by atoms with Gasteiger partial charge in [0.25, 0.3) is 0 Å². The van der Waals surface area contributed by atoms with Gasteiger partial charge in [-0.1, -0.05) is 36.4 Å². The van der Waals surface area contributed by atoms with Crippen LogP contribution in [0.15, 0.2) is 36.4 Å². The average molecular weight is 144 g/mol. The predicted molar refractivity (Wildman–Crippen MR) is 44.4 cm³/mol. The van der Waals surface area contributed by atoms with E-state index in [0.717, 1.165) is 0 Å². The van der Waals surface area contributed by atoms with Crippen LogP contribution in [-0.2, 0) is 0 Å². The van der Waals surface area contributed by atoms with E-state index in [1.165, 1.54) is 0 Å². The van der Waals surface area contributed by atoms with E-state index in [0.29, 0.717) is 0 Å². The minimum atomic E-state index is 2.00. The summed E-state index contributed by atoms with van der Waals surface area (Å²) in [5.41, 5.74) is 0. The number of hydrogen-bond acceptors (Lipinski definition) is 2. The summed E-state index contributed by atoms with van der Waals surface area (Å²) in [5.74, 6) is 0. The minimum absolute atomic E-state index is 2.00. The van der Waals surface area contributed by atoms with Crippen LogP contribution in [0.3, 0.4) is 0 Å². The van der Waals surface area contributed by atoms with Crippen molar-refractivity contribution in [1.29, 1.82) is 0 Å². The Kier molecular flexibility index (Phi) is 6.85. The molecule has 1 rings (SSSR count). The summed E-state index contributed by atoms with van der Waals surface area (Å²) in [4.78, 5) is 0. The third-order valence-electron chi connectivity index (χ3n) is 0.667. The molecule has 44 valence electrons. The van der Waals surface area contributed by atoms with Gasteiger partial charge in [0.1, 0.15) is 0 Å². The van der Waals surface area contributed by atoms with Crippen LogP contribution in [0.5, 0.6) is 0 Å². The van der Waals surface area contributed by atoms with E-state index in [-0.39, 0.29) is 0 Å². The largest absolute Gasteiger partial charge is 0.115 e. The molecule has 0 fully saturated rings. The Labute approximate surface area is 60.1 Å². The Morgan fingerprint density at radius 1 is 0.500 bits per heavy atom. The number of rotatable bonds is 0. The van der Waals surface area contributed by atoms with Gasteiger partial charge in [0.15, 0.2) is 0 Å². The quantitative estimate of drug-likeness (QED) is 0.405. The first-order valence-corrected chi connectivity index (χ1v) is 3.80. The van der Waals surface area contributed by atoms with E-state index in [1.54, 1.807) is 0 Å². The normalized spacial score (nSPS) is 6.75. The van der Waals surface area contributed by atoms with Gasteiger partial charge in [-0.05, 0) is 0 Å². The van der Waals surface area contributed by atoms with Crippen LogP contribution in [0.1, 0.15) is 0 Å². The standard InChI is InChI=1S/C6H6.H2S2/c1-2-4-6-5-3-1;1-2/h1-6H;1-2H. The molecule has 0 nitrogen and oxygen atoms in total. The molecule has 8 heavy (non-hydrogen) atoms. The van der Waals surface area contributed by atoms with Gasteiger partial charge in [-0.15, -0.1) is 23.3 Å². The molecule has 1 aromatic carbocycles. The maximum Gasteiger partial charge on any atom is -0.0623 e. The van der Waals surface area contributed by atoms with Crippen molar-refractivity contribution < 1.29 is 0 Å². The average Bonchev–Trinajstić information content (AvgIpc) is 1.96. The monoisotopic (exact) mass is 144 g/mol. The van der Waals surface area contributed by atoms with Gasteiger partial charge in [0.05, 0.1) is 0 Å². The third kappa shape index (κ3) is 4.09. The van der Waals surface area contributed by atoms with Crippen LogP contribution < -0.4 is 0 Å². The number of thiol groups is 2. The summed E-state index contributed by atoms with van der Waals surface area (Å²) in [6.45, 7) is 0. The summed E-state index contributed by atoms with van der Waals surface area (Å²) < 4.78 is 0. The Morgan fingerprint density at radius 2 is 0.625 bits per heavy atom. The molecule has 0 heterocycles. The van der Waals surface area contributed by atoms with Crippen LogP contribution in [-0.4, -0.2) is 0 Å². The first-order valence-electron chi connectivity index (χ1n) is 2.20. The zero-order chi connectivity index (χ0) is 6.24. The summed E-state index contributed by atoms with van der Waals surface area (Å²) >= 11 is 6.44. The minimum Gasteiger partial charge on any atom is -0.115 e. The highest BCUT2D eigenvalue weighted by Gasteiger charge is 1.57. The van der Waals surface area contributed by atoms with Crippen LogP contribution in [0, 0.1) is 0 Å². The molecule has 0 aromatic heterocycles. The van der Waals surface area contributed by atoms with Crippen molar-refractivity contribution in [3.63, 3.8) is 0 Å². The van der Waals surface area contributed by atoms with Crippen molar-refractivity contribution in [1.82, 2.24) is 0 Å². The SMILES string of the molecule is SS.c1ccccc1. The lowest BCUT2D eigenvalue weighted by Gasteiger charge is -1.69. The molecular formula is C6H8S2. The lowest BCUT2D eigenvalue weighted by molar-refractivity contribution is 1.72.